The number of carbonyl (C=O) groups is 2. The Hall–Kier alpha value is -4.91. The molecule has 40 heavy (non-hydrogen) atoms. The van der Waals surface area contributed by atoms with Gasteiger partial charge in [-0.15, -0.1) is 0 Å². The first-order chi connectivity index (χ1) is 19.1. The van der Waals surface area contributed by atoms with Gasteiger partial charge in [0.15, 0.2) is 12.4 Å². The van der Waals surface area contributed by atoms with Gasteiger partial charge >= 0.3 is 11.6 Å². The van der Waals surface area contributed by atoms with Crippen molar-refractivity contribution >= 4 is 39.6 Å². The minimum atomic E-state index is -0.815. The Labute approximate surface area is 236 Å². The fraction of sp³-hybridized carbons (Fsp3) is 0.148. The molecule has 0 aliphatic heterocycles. The molecular weight excluding hydrogens is 586 g/mol. The molecule has 0 aliphatic rings. The summed E-state index contributed by atoms with van der Waals surface area (Å²) in [5.41, 5.74) is 10.4. The number of primary amides is 1. The molecule has 0 unspecified atom stereocenters. The van der Waals surface area contributed by atoms with E-state index in [1.165, 1.54) is 18.2 Å². The van der Waals surface area contributed by atoms with Crippen molar-refractivity contribution in [3.63, 3.8) is 0 Å². The number of aromatic nitrogens is 1. The number of aryl methyl sites for hydroxylation is 2. The van der Waals surface area contributed by atoms with E-state index in [2.05, 4.69) is 43.2 Å². The van der Waals surface area contributed by atoms with E-state index in [0.717, 1.165) is 23.3 Å². The lowest BCUT2D eigenvalue weighted by Crippen LogP contribution is -2.21. The van der Waals surface area contributed by atoms with Crippen LogP contribution in [0.15, 0.2) is 74.7 Å². The highest BCUT2D eigenvalue weighted by Gasteiger charge is 2.21. The molecule has 2 aromatic heterocycles. The number of rotatable bonds is 11. The van der Waals surface area contributed by atoms with Gasteiger partial charge in [0.25, 0.3) is 5.91 Å². The standard InChI is InChI=1S/C27H24BrN5O7/c1-16-3-4-17(2)32(16)20-5-7-21(8-6-20)38-14-22-9-10-24(40-22)27(35)31-30-13-18-11-19(28)12-23(33(36)37)26(18)39-15-25(29)34/h3-13H,14-15H2,1-2H3,(H2,29,34)(H,31,35)/b30-13+. The quantitative estimate of drug-likeness (QED) is 0.143. The molecule has 2 aromatic carbocycles. The topological polar surface area (TPSA) is 164 Å². The zero-order valence-electron chi connectivity index (χ0n) is 21.4. The van der Waals surface area contributed by atoms with E-state index in [-0.39, 0.29) is 23.7 Å². The van der Waals surface area contributed by atoms with E-state index < -0.39 is 29.0 Å². The maximum absolute atomic E-state index is 12.5. The molecule has 0 bridgehead atoms. The van der Waals surface area contributed by atoms with Crippen molar-refractivity contribution in [1.82, 2.24) is 9.99 Å². The lowest BCUT2D eigenvalue weighted by atomic mass is 10.2. The smallest absolute Gasteiger partial charge is 0.312 e. The number of furan rings is 1. The predicted octanol–water partition coefficient (Wildman–Crippen LogP) is 4.56. The number of hydrogen-bond acceptors (Lipinski definition) is 8. The number of nitrogens with two attached hydrogens (primary N) is 1. The van der Waals surface area contributed by atoms with E-state index in [1.807, 2.05) is 38.1 Å². The van der Waals surface area contributed by atoms with Crippen LogP contribution in [-0.2, 0) is 11.4 Å². The number of nitrogens with zero attached hydrogens (tertiary/aromatic N) is 3. The minimum Gasteiger partial charge on any atom is -0.486 e. The monoisotopic (exact) mass is 609 g/mol. The van der Waals surface area contributed by atoms with Gasteiger partial charge < -0.3 is 24.2 Å². The summed E-state index contributed by atoms with van der Waals surface area (Å²) in [6.07, 6.45) is 1.14. The summed E-state index contributed by atoms with van der Waals surface area (Å²) in [7, 11) is 0. The van der Waals surface area contributed by atoms with Crippen LogP contribution in [0.5, 0.6) is 11.5 Å². The molecule has 4 rings (SSSR count). The highest BCUT2D eigenvalue weighted by atomic mass is 79.9. The number of nitro groups is 1. The Morgan fingerprint density at radius 2 is 1.80 bits per heavy atom. The van der Waals surface area contributed by atoms with Gasteiger partial charge in [-0.05, 0) is 68.4 Å². The molecule has 0 saturated carbocycles. The molecule has 0 aliphatic carbocycles. The first kappa shape index (κ1) is 28.1. The molecule has 2 amide bonds. The van der Waals surface area contributed by atoms with Gasteiger partial charge in [-0.3, -0.25) is 19.7 Å². The van der Waals surface area contributed by atoms with Crippen LogP contribution in [0.4, 0.5) is 5.69 Å². The zero-order chi connectivity index (χ0) is 28.8. The SMILES string of the molecule is Cc1ccc(C)n1-c1ccc(OCc2ccc(C(=O)N/N=C/c3cc(Br)cc([N+](=O)[O-])c3OCC(N)=O)o2)cc1. The lowest BCUT2D eigenvalue weighted by molar-refractivity contribution is -0.385. The Morgan fingerprint density at radius 3 is 2.45 bits per heavy atom. The van der Waals surface area contributed by atoms with Crippen molar-refractivity contribution in [3.05, 3.63) is 104 Å². The van der Waals surface area contributed by atoms with Crippen LogP contribution in [0, 0.1) is 24.0 Å². The number of halogens is 1. The summed E-state index contributed by atoms with van der Waals surface area (Å²) in [5.74, 6) is -0.668. The molecule has 206 valence electrons. The molecule has 4 aromatic rings. The van der Waals surface area contributed by atoms with Crippen LogP contribution >= 0.6 is 15.9 Å². The fourth-order valence-corrected chi connectivity index (χ4v) is 4.31. The average molecular weight is 610 g/mol. The number of ether oxygens (including phenoxy) is 2. The Balaban J connectivity index is 1.37. The largest absolute Gasteiger partial charge is 0.486 e. The van der Waals surface area contributed by atoms with Crippen LogP contribution < -0.4 is 20.6 Å². The van der Waals surface area contributed by atoms with Crippen LogP contribution in [-0.4, -0.2) is 34.1 Å². The van der Waals surface area contributed by atoms with Crippen molar-refractivity contribution in [2.24, 2.45) is 10.8 Å². The Bertz CT molecular complexity index is 1570. The third-order valence-electron chi connectivity index (χ3n) is 5.62. The molecule has 0 saturated heterocycles. The number of nitro benzene ring substituents is 1. The highest BCUT2D eigenvalue weighted by molar-refractivity contribution is 9.10. The summed E-state index contributed by atoms with van der Waals surface area (Å²) < 4.78 is 19.0. The van der Waals surface area contributed by atoms with Crippen molar-refractivity contribution in [3.8, 4) is 17.2 Å². The van der Waals surface area contributed by atoms with Gasteiger partial charge in [0.2, 0.25) is 5.75 Å². The molecule has 0 atom stereocenters. The summed E-state index contributed by atoms with van der Waals surface area (Å²) >= 11 is 3.18. The number of benzene rings is 2. The van der Waals surface area contributed by atoms with Crippen molar-refractivity contribution in [2.45, 2.75) is 20.5 Å². The maximum atomic E-state index is 12.5. The van der Waals surface area contributed by atoms with Gasteiger partial charge in [-0.25, -0.2) is 5.43 Å². The first-order valence-electron chi connectivity index (χ1n) is 11.8. The Morgan fingerprint density at radius 1 is 1.10 bits per heavy atom. The third-order valence-corrected chi connectivity index (χ3v) is 6.08. The van der Waals surface area contributed by atoms with Gasteiger partial charge in [-0.1, -0.05) is 15.9 Å². The number of hydrogen-bond donors (Lipinski definition) is 2. The number of amides is 2. The summed E-state index contributed by atoms with van der Waals surface area (Å²) in [4.78, 5) is 34.4. The van der Waals surface area contributed by atoms with Crippen molar-refractivity contribution in [1.29, 1.82) is 0 Å². The zero-order valence-corrected chi connectivity index (χ0v) is 23.0. The van der Waals surface area contributed by atoms with Gasteiger partial charge in [0.1, 0.15) is 18.1 Å². The second kappa shape index (κ2) is 12.3. The van der Waals surface area contributed by atoms with Crippen LogP contribution in [0.1, 0.15) is 33.3 Å². The molecule has 12 nitrogen and oxygen atoms in total. The molecule has 2 heterocycles. The van der Waals surface area contributed by atoms with E-state index >= 15 is 0 Å². The molecule has 0 radical (unpaired) electrons. The van der Waals surface area contributed by atoms with Crippen LogP contribution in [0.25, 0.3) is 5.69 Å². The lowest BCUT2D eigenvalue weighted by Gasteiger charge is -2.10. The maximum Gasteiger partial charge on any atom is 0.312 e. The van der Waals surface area contributed by atoms with Gasteiger partial charge in [-0.2, -0.15) is 5.10 Å². The van der Waals surface area contributed by atoms with Crippen LogP contribution in [0.2, 0.25) is 0 Å². The van der Waals surface area contributed by atoms with E-state index in [0.29, 0.717) is 16.0 Å². The van der Waals surface area contributed by atoms with Crippen molar-refractivity contribution in [2.75, 3.05) is 6.61 Å². The average Bonchev–Trinajstić information content (AvgIpc) is 3.52. The second-order valence-corrected chi connectivity index (χ2v) is 9.47. The molecule has 0 spiro atoms. The van der Waals surface area contributed by atoms with E-state index in [1.54, 1.807) is 6.07 Å². The summed E-state index contributed by atoms with van der Waals surface area (Å²) in [6, 6.07) is 17.5. The van der Waals surface area contributed by atoms with Crippen LogP contribution in [0.3, 0.4) is 0 Å². The predicted molar refractivity (Wildman–Crippen MR) is 149 cm³/mol. The van der Waals surface area contributed by atoms with E-state index in [4.69, 9.17) is 19.6 Å². The molecular formula is C27H24BrN5O7. The normalized spacial score (nSPS) is 11.0. The Kier molecular flexibility index (Phi) is 8.64. The third kappa shape index (κ3) is 6.74. The summed E-state index contributed by atoms with van der Waals surface area (Å²) in [5, 5.41) is 15.3. The molecule has 3 N–H and O–H groups in total. The molecule has 13 heteroatoms. The fourth-order valence-electron chi connectivity index (χ4n) is 3.85. The summed E-state index contributed by atoms with van der Waals surface area (Å²) in [6.45, 7) is 3.60. The number of nitrogens with one attached hydrogen (secondary N) is 1. The van der Waals surface area contributed by atoms with Gasteiger partial charge in [0.05, 0.1) is 11.1 Å². The minimum absolute atomic E-state index is 0.0184. The molecule has 0 fully saturated rings. The van der Waals surface area contributed by atoms with Gasteiger partial charge in [0, 0.05) is 33.2 Å². The second-order valence-electron chi connectivity index (χ2n) is 8.55. The number of carbonyl (C=O) groups excluding carboxylic acids is 2. The first-order valence-corrected chi connectivity index (χ1v) is 12.6. The number of hydrazone groups is 1. The van der Waals surface area contributed by atoms with E-state index in [9.17, 15) is 19.7 Å². The highest BCUT2D eigenvalue weighted by Crippen LogP contribution is 2.34. The van der Waals surface area contributed by atoms with Crippen molar-refractivity contribution < 1.29 is 28.4 Å².